The monoisotopic (exact) mass is 637 g/mol. The summed E-state index contributed by atoms with van der Waals surface area (Å²) in [4.78, 5) is 25.1. The number of hydrogen-bond donors (Lipinski definition) is 2. The van der Waals surface area contributed by atoms with Crippen molar-refractivity contribution >= 4 is 35.6 Å². The zero-order valence-corrected chi connectivity index (χ0v) is 27.9. The number of hydrogen-bond acceptors (Lipinski definition) is 9. The van der Waals surface area contributed by atoms with Crippen molar-refractivity contribution in [3.8, 4) is 11.7 Å². The quantitative estimate of drug-likeness (QED) is 0.370. The number of nitrogens with one attached hydrogen (secondary N) is 2. The molecule has 44 heavy (non-hydrogen) atoms. The highest BCUT2D eigenvalue weighted by Crippen LogP contribution is 2.41. The number of rotatable bonds is 5. The minimum Gasteiger partial charge on any atom is -0.477 e. The predicted molar refractivity (Wildman–Crippen MR) is 173 cm³/mol. The Balaban J connectivity index is 1.34. The zero-order chi connectivity index (χ0) is 31.1. The maximum Gasteiger partial charge on any atom is 0.281 e. The van der Waals surface area contributed by atoms with Crippen LogP contribution in [-0.2, 0) is 10.0 Å². The first-order valence-corrected chi connectivity index (χ1v) is 20.5. The molecule has 0 aromatic carbocycles. The number of carbonyl (C=O) groups is 1. The average Bonchev–Trinajstić information content (AvgIpc) is 3.72. The van der Waals surface area contributed by atoms with Gasteiger partial charge in [-0.25, -0.2) is 19.4 Å². The van der Waals surface area contributed by atoms with Gasteiger partial charge in [0.2, 0.25) is 5.88 Å². The van der Waals surface area contributed by atoms with Gasteiger partial charge in [0.1, 0.15) is 11.6 Å². The van der Waals surface area contributed by atoms with E-state index in [-0.39, 0.29) is 16.1 Å². The van der Waals surface area contributed by atoms with Gasteiger partial charge in [-0.1, -0.05) is 50.9 Å². The van der Waals surface area contributed by atoms with Crippen molar-refractivity contribution in [2.45, 2.75) is 82.1 Å². The Kier molecular flexibility index (Phi) is 8.20. The van der Waals surface area contributed by atoms with Gasteiger partial charge in [0.05, 0.1) is 20.2 Å². The lowest BCUT2D eigenvalue weighted by Crippen LogP contribution is -2.41. The molecule has 1 saturated heterocycles. The number of amides is 1. The maximum atomic E-state index is 13.7. The molecule has 1 unspecified atom stereocenters. The Morgan fingerprint density at radius 3 is 2.68 bits per heavy atom. The molecule has 1 atom stereocenters. The van der Waals surface area contributed by atoms with E-state index in [0.717, 1.165) is 31.0 Å². The number of nitrogens with zero attached hydrogens (tertiary/aromatic N) is 5. The molecule has 0 radical (unpaired) electrons. The molecule has 1 amide bonds. The van der Waals surface area contributed by atoms with Gasteiger partial charge in [0, 0.05) is 30.5 Å². The molecule has 5 heterocycles. The summed E-state index contributed by atoms with van der Waals surface area (Å²) in [6.07, 6.45) is 9.69. The van der Waals surface area contributed by atoms with Gasteiger partial charge in [0.15, 0.2) is 10.8 Å². The predicted octanol–water partition coefficient (Wildman–Crippen LogP) is 5.02. The Hall–Kier alpha value is -3.45. The Morgan fingerprint density at radius 1 is 1.09 bits per heavy atom. The smallest absolute Gasteiger partial charge is 0.281 e. The van der Waals surface area contributed by atoms with Gasteiger partial charge in [-0.05, 0) is 62.8 Å². The van der Waals surface area contributed by atoms with Gasteiger partial charge in [-0.15, -0.1) is 5.10 Å². The second-order valence-electron chi connectivity index (χ2n) is 13.9. The summed E-state index contributed by atoms with van der Waals surface area (Å²) in [5.74, 6) is 2.36. The van der Waals surface area contributed by atoms with Crippen molar-refractivity contribution in [1.29, 1.82) is 0 Å². The fourth-order valence-electron chi connectivity index (χ4n) is 7.06. The third-order valence-corrected chi connectivity index (χ3v) is 13.2. The first kappa shape index (κ1) is 30.6. The van der Waals surface area contributed by atoms with Crippen molar-refractivity contribution < 1.29 is 17.9 Å². The molecular weight excluding hydrogens is 595 g/mol. The molecule has 2 aliphatic heterocycles. The van der Waals surface area contributed by atoms with E-state index in [0.29, 0.717) is 42.4 Å². The molecule has 4 bridgehead atoms. The van der Waals surface area contributed by atoms with Crippen molar-refractivity contribution in [3.05, 3.63) is 48.2 Å². The Morgan fingerprint density at radius 2 is 1.89 bits per heavy atom. The van der Waals surface area contributed by atoms with Crippen molar-refractivity contribution in [1.82, 2.24) is 24.5 Å². The van der Waals surface area contributed by atoms with E-state index >= 15 is 0 Å². The number of aromatic nitrogens is 4. The van der Waals surface area contributed by atoms with Crippen LogP contribution in [0.4, 0.5) is 11.6 Å². The summed E-state index contributed by atoms with van der Waals surface area (Å²) in [5.41, 5.74) is -0.115. The summed E-state index contributed by atoms with van der Waals surface area (Å²) < 4.78 is 36.5. The van der Waals surface area contributed by atoms with Crippen LogP contribution in [0.3, 0.4) is 0 Å². The van der Waals surface area contributed by atoms with Gasteiger partial charge < -0.3 is 15.0 Å². The number of fused-ring (bicyclic) bond motifs is 6. The van der Waals surface area contributed by atoms with Crippen LogP contribution < -0.4 is 19.7 Å². The SMILES string of the molecule is CC1(C)CC2CN1c1nc(-n3ccc(OCCC4CCCC4)n3)ccc1C(=O)NS(=O)(=O)c1cccc(n1)NC[Si](C)(C)C2. The van der Waals surface area contributed by atoms with Crippen LogP contribution in [0.2, 0.25) is 19.1 Å². The molecule has 3 aliphatic rings. The van der Waals surface area contributed by atoms with E-state index < -0.39 is 24.0 Å². The van der Waals surface area contributed by atoms with Crippen molar-refractivity contribution in [2.75, 3.05) is 29.5 Å². The molecule has 3 aromatic rings. The molecular formula is C31H43N7O4SSi. The van der Waals surface area contributed by atoms with E-state index in [9.17, 15) is 13.2 Å². The minimum absolute atomic E-state index is 0.187. The largest absolute Gasteiger partial charge is 0.477 e. The molecule has 11 nitrogen and oxygen atoms in total. The summed E-state index contributed by atoms with van der Waals surface area (Å²) in [6, 6.07) is 11.0. The number of sulfonamides is 1. The summed E-state index contributed by atoms with van der Waals surface area (Å²) in [6.45, 7) is 10.4. The molecule has 2 N–H and O–H groups in total. The fraction of sp³-hybridized carbons (Fsp3) is 0.548. The van der Waals surface area contributed by atoms with Crippen LogP contribution in [0.15, 0.2) is 47.6 Å². The normalized spacial score (nSPS) is 22.8. The van der Waals surface area contributed by atoms with E-state index in [2.05, 4.69) is 52.0 Å². The minimum atomic E-state index is -4.24. The summed E-state index contributed by atoms with van der Waals surface area (Å²) in [5, 5.41) is 7.77. The molecule has 236 valence electrons. The highest BCUT2D eigenvalue weighted by atomic mass is 32.2. The van der Waals surface area contributed by atoms with Gasteiger partial charge in [-0.3, -0.25) is 4.79 Å². The van der Waals surface area contributed by atoms with Crippen molar-refractivity contribution in [2.24, 2.45) is 11.8 Å². The number of anilines is 2. The van der Waals surface area contributed by atoms with Crippen LogP contribution in [0, 0.1) is 11.8 Å². The van der Waals surface area contributed by atoms with Crippen LogP contribution >= 0.6 is 0 Å². The second kappa shape index (κ2) is 11.8. The summed E-state index contributed by atoms with van der Waals surface area (Å²) >= 11 is 0. The first-order valence-electron chi connectivity index (χ1n) is 15.6. The Bertz CT molecular complexity index is 1640. The highest BCUT2D eigenvalue weighted by molar-refractivity contribution is 7.90. The lowest BCUT2D eigenvalue weighted by atomic mass is 9.97. The van der Waals surface area contributed by atoms with Crippen LogP contribution in [-0.4, -0.2) is 67.0 Å². The van der Waals surface area contributed by atoms with Gasteiger partial charge >= 0.3 is 0 Å². The molecule has 13 heteroatoms. The zero-order valence-electron chi connectivity index (χ0n) is 26.0. The first-order chi connectivity index (χ1) is 20.9. The standard InChI is InChI=1S/C31H43N7O4SSi/c1-31(2)18-23-19-37(31)29-24(12-13-26(34-29)38-16-14-27(35-38)42-17-15-22-8-5-6-9-22)30(39)36-43(40,41)28-11-7-10-25(33-28)32-21-44(3,4)20-23/h7,10-14,16,22-23H,5-6,8-9,15,17-21H2,1-4H3,(H,32,33)(H,36,39). The van der Waals surface area contributed by atoms with E-state index in [1.807, 2.05) is 6.07 Å². The third-order valence-electron chi connectivity index (χ3n) is 9.19. The highest BCUT2D eigenvalue weighted by Gasteiger charge is 2.43. The van der Waals surface area contributed by atoms with E-state index in [1.165, 1.54) is 31.7 Å². The average molecular weight is 638 g/mol. The van der Waals surface area contributed by atoms with Crippen LogP contribution in [0.5, 0.6) is 5.88 Å². The lowest BCUT2D eigenvalue weighted by molar-refractivity contribution is 0.0981. The fourth-order valence-corrected chi connectivity index (χ4v) is 10.6. The lowest BCUT2D eigenvalue weighted by Gasteiger charge is -2.34. The van der Waals surface area contributed by atoms with Crippen LogP contribution in [0.25, 0.3) is 5.82 Å². The molecule has 2 fully saturated rings. The molecule has 0 spiro atoms. The van der Waals surface area contributed by atoms with Crippen LogP contribution in [0.1, 0.15) is 62.7 Å². The molecule has 1 saturated carbocycles. The van der Waals surface area contributed by atoms with Crippen molar-refractivity contribution in [3.63, 3.8) is 0 Å². The number of pyridine rings is 2. The molecule has 6 rings (SSSR count). The second-order valence-corrected chi connectivity index (χ2v) is 20.7. The van der Waals surface area contributed by atoms with E-state index in [1.54, 1.807) is 35.1 Å². The molecule has 3 aromatic heterocycles. The number of carbonyl (C=O) groups excluding carboxylic acids is 1. The summed E-state index contributed by atoms with van der Waals surface area (Å²) in [7, 11) is -5.99. The third kappa shape index (κ3) is 6.63. The Labute approximate surface area is 260 Å². The van der Waals surface area contributed by atoms with E-state index in [4.69, 9.17) is 9.72 Å². The number of ether oxygens (including phenoxy) is 1. The van der Waals surface area contributed by atoms with Gasteiger partial charge in [0.25, 0.3) is 15.9 Å². The van der Waals surface area contributed by atoms with Gasteiger partial charge in [-0.2, -0.15) is 8.42 Å². The topological polar surface area (TPSA) is 131 Å². The molecule has 1 aliphatic carbocycles. The maximum absolute atomic E-state index is 13.7.